The summed E-state index contributed by atoms with van der Waals surface area (Å²) in [6.07, 6.45) is -0.881. The Kier molecular flexibility index (Phi) is 12.2. The van der Waals surface area contributed by atoms with Crippen LogP contribution >= 0.6 is 0 Å². The number of carbonyl (C=O) groups is 1. The lowest BCUT2D eigenvalue weighted by Gasteiger charge is -2.31. The minimum absolute atomic E-state index is 0.000764. The number of hydrogen-bond acceptors (Lipinski definition) is 10. The number of aliphatic imine (C=N–C) groups is 1. The van der Waals surface area contributed by atoms with E-state index in [4.69, 9.17) is 34.6 Å². The standard InChI is InChI=1S/C37H39N5O8S/c1-47-30-21-26(22-31(23-30)48-2)24-39-36(44)37(17-20-51(45,46)32-10-4-3-5-11-32)34(33-12-7-6-9-28(33)25-40-42-38)50-35(41-37)27-13-15-29(16-14-27)49-19-8-18-43/h3-7,9-16,21-23,34,43H,8,17-20,24-25H2,1-2H3,(H,39,44)/t34-,37-/m1/s1. The largest absolute Gasteiger partial charge is 0.497 e. The van der Waals surface area contributed by atoms with Crippen molar-refractivity contribution in [1.29, 1.82) is 0 Å². The van der Waals surface area contributed by atoms with Crippen LogP contribution in [0.1, 0.15) is 41.2 Å². The number of azide groups is 1. The maximum Gasteiger partial charge on any atom is 0.252 e. The predicted molar refractivity (Wildman–Crippen MR) is 191 cm³/mol. The van der Waals surface area contributed by atoms with E-state index in [1.165, 1.54) is 26.4 Å². The van der Waals surface area contributed by atoms with Crippen LogP contribution in [0.2, 0.25) is 0 Å². The fourth-order valence-electron chi connectivity index (χ4n) is 5.73. The molecule has 0 radical (unpaired) electrons. The third kappa shape index (κ3) is 8.79. The van der Waals surface area contributed by atoms with Gasteiger partial charge in [-0.05, 0) is 70.8 Å². The van der Waals surface area contributed by atoms with E-state index in [2.05, 4.69) is 15.3 Å². The minimum Gasteiger partial charge on any atom is -0.497 e. The summed E-state index contributed by atoms with van der Waals surface area (Å²) in [5.74, 6) is 0.741. The molecule has 0 aromatic heterocycles. The van der Waals surface area contributed by atoms with Crippen molar-refractivity contribution in [2.24, 2.45) is 10.1 Å². The average molecular weight is 714 g/mol. The van der Waals surface area contributed by atoms with Gasteiger partial charge in [0.25, 0.3) is 5.91 Å². The van der Waals surface area contributed by atoms with Crippen molar-refractivity contribution in [3.8, 4) is 17.2 Å². The fourth-order valence-corrected chi connectivity index (χ4v) is 7.12. The number of rotatable bonds is 17. The van der Waals surface area contributed by atoms with Gasteiger partial charge in [-0.15, -0.1) is 0 Å². The summed E-state index contributed by atoms with van der Waals surface area (Å²) in [4.78, 5) is 22.7. The number of methoxy groups -OCH3 is 2. The van der Waals surface area contributed by atoms with Crippen molar-refractivity contribution in [3.63, 3.8) is 0 Å². The van der Waals surface area contributed by atoms with Crippen LogP contribution in [0.25, 0.3) is 10.4 Å². The van der Waals surface area contributed by atoms with Crippen LogP contribution in [0.4, 0.5) is 0 Å². The van der Waals surface area contributed by atoms with Gasteiger partial charge in [0.1, 0.15) is 17.2 Å². The lowest BCUT2D eigenvalue weighted by atomic mass is 9.83. The topological polar surface area (TPSA) is 182 Å². The molecule has 0 fully saturated rings. The third-order valence-electron chi connectivity index (χ3n) is 8.39. The van der Waals surface area contributed by atoms with Crippen molar-refractivity contribution < 1.29 is 37.3 Å². The molecular weight excluding hydrogens is 675 g/mol. The molecule has 5 rings (SSSR count). The van der Waals surface area contributed by atoms with E-state index in [1.54, 1.807) is 84.9 Å². The number of nitrogens with one attached hydrogen (secondary N) is 1. The minimum atomic E-state index is -3.87. The molecule has 2 N–H and O–H groups in total. The number of hydrogen-bond donors (Lipinski definition) is 2. The number of sulfone groups is 1. The van der Waals surface area contributed by atoms with E-state index in [1.807, 2.05) is 0 Å². The summed E-state index contributed by atoms with van der Waals surface area (Å²) < 4.78 is 50.4. The van der Waals surface area contributed by atoms with Crippen LogP contribution < -0.4 is 19.5 Å². The molecule has 1 aliphatic rings. The molecular formula is C37H39N5O8S. The smallest absolute Gasteiger partial charge is 0.252 e. The number of benzene rings is 4. The number of aliphatic hydroxyl groups is 1. The van der Waals surface area contributed by atoms with Crippen LogP contribution in [0.5, 0.6) is 17.2 Å². The molecule has 1 amide bonds. The molecule has 0 bridgehead atoms. The lowest BCUT2D eigenvalue weighted by molar-refractivity contribution is -0.129. The number of nitrogens with zero attached hydrogens (tertiary/aromatic N) is 4. The molecule has 1 aliphatic heterocycles. The van der Waals surface area contributed by atoms with Crippen LogP contribution in [0.3, 0.4) is 0 Å². The highest BCUT2D eigenvalue weighted by atomic mass is 32.2. The molecule has 14 heteroatoms. The second-order valence-corrected chi connectivity index (χ2v) is 13.8. The molecule has 0 spiro atoms. The highest BCUT2D eigenvalue weighted by Crippen LogP contribution is 2.44. The number of carbonyl (C=O) groups excluding carboxylic acids is 1. The van der Waals surface area contributed by atoms with Gasteiger partial charge < -0.3 is 29.4 Å². The third-order valence-corrected chi connectivity index (χ3v) is 10.1. The molecule has 266 valence electrons. The summed E-state index contributed by atoms with van der Waals surface area (Å²) in [5.41, 5.74) is 9.64. The Morgan fingerprint density at radius 3 is 2.33 bits per heavy atom. The van der Waals surface area contributed by atoms with Gasteiger partial charge in [0.15, 0.2) is 21.5 Å². The second-order valence-electron chi connectivity index (χ2n) is 11.7. The first-order valence-corrected chi connectivity index (χ1v) is 17.9. The van der Waals surface area contributed by atoms with E-state index in [-0.39, 0.29) is 36.9 Å². The van der Waals surface area contributed by atoms with Gasteiger partial charge in [-0.1, -0.05) is 47.6 Å². The maximum absolute atomic E-state index is 14.7. The molecule has 0 aliphatic carbocycles. The Morgan fingerprint density at radius 2 is 1.67 bits per heavy atom. The molecule has 4 aromatic carbocycles. The molecule has 2 atom stereocenters. The Bertz CT molecular complexity index is 1980. The van der Waals surface area contributed by atoms with Gasteiger partial charge in [-0.2, -0.15) is 0 Å². The number of ether oxygens (including phenoxy) is 4. The molecule has 0 unspecified atom stereocenters. The van der Waals surface area contributed by atoms with Gasteiger partial charge in [-0.3, -0.25) is 4.79 Å². The molecule has 13 nitrogen and oxygen atoms in total. The zero-order chi connectivity index (χ0) is 36.3. The normalized spacial score (nSPS) is 16.7. The van der Waals surface area contributed by atoms with Gasteiger partial charge in [0.2, 0.25) is 5.90 Å². The van der Waals surface area contributed by atoms with Crippen LogP contribution in [0.15, 0.2) is 112 Å². The van der Waals surface area contributed by atoms with Crippen molar-refractivity contribution in [1.82, 2.24) is 5.32 Å². The van der Waals surface area contributed by atoms with E-state index in [0.29, 0.717) is 52.5 Å². The van der Waals surface area contributed by atoms with E-state index >= 15 is 0 Å². The molecule has 0 saturated heterocycles. The summed E-state index contributed by atoms with van der Waals surface area (Å²) in [5, 5.41) is 15.8. The Balaban J connectivity index is 1.60. The molecule has 1 heterocycles. The second kappa shape index (κ2) is 16.9. The molecule has 0 saturated carbocycles. The number of aliphatic hydroxyl groups excluding tert-OH is 1. The Morgan fingerprint density at radius 1 is 0.980 bits per heavy atom. The van der Waals surface area contributed by atoms with Gasteiger partial charge >= 0.3 is 0 Å². The van der Waals surface area contributed by atoms with Crippen molar-refractivity contribution >= 4 is 21.6 Å². The Labute approximate surface area is 296 Å². The SMILES string of the molecule is COc1cc(CNC(=O)[C@]2(CCS(=O)(=O)c3ccccc3)N=C(c3ccc(OCCCO)cc3)O[C@@H]2c2ccccc2CN=[N+]=[N-])cc(OC)c1. The first-order chi connectivity index (χ1) is 24.7. The van der Waals surface area contributed by atoms with Gasteiger partial charge in [-0.25, -0.2) is 13.4 Å². The van der Waals surface area contributed by atoms with Crippen LogP contribution in [-0.4, -0.2) is 64.1 Å². The first-order valence-electron chi connectivity index (χ1n) is 16.2. The van der Waals surface area contributed by atoms with Crippen molar-refractivity contribution in [2.45, 2.75) is 42.5 Å². The fraction of sp³-hybridized carbons (Fsp3) is 0.297. The lowest BCUT2D eigenvalue weighted by Crippen LogP contribution is -2.49. The summed E-state index contributed by atoms with van der Waals surface area (Å²) in [6, 6.07) is 27.2. The van der Waals surface area contributed by atoms with E-state index < -0.39 is 33.1 Å². The van der Waals surface area contributed by atoms with Crippen molar-refractivity contribution in [2.75, 3.05) is 33.2 Å². The van der Waals surface area contributed by atoms with Gasteiger partial charge in [0, 0.05) is 42.5 Å². The highest BCUT2D eigenvalue weighted by molar-refractivity contribution is 7.91. The summed E-state index contributed by atoms with van der Waals surface area (Å²) >= 11 is 0. The van der Waals surface area contributed by atoms with Gasteiger partial charge in [0.05, 0.1) is 38.0 Å². The average Bonchev–Trinajstić information content (AvgIpc) is 3.56. The van der Waals surface area contributed by atoms with E-state index in [9.17, 15) is 13.2 Å². The predicted octanol–water partition coefficient (Wildman–Crippen LogP) is 5.71. The zero-order valence-electron chi connectivity index (χ0n) is 28.3. The van der Waals surface area contributed by atoms with Crippen LogP contribution in [0, 0.1) is 0 Å². The quantitative estimate of drug-likeness (QED) is 0.0604. The summed E-state index contributed by atoms with van der Waals surface area (Å²) in [6.45, 7) is 0.333. The summed E-state index contributed by atoms with van der Waals surface area (Å²) in [7, 11) is -0.821. The highest BCUT2D eigenvalue weighted by Gasteiger charge is 2.54. The van der Waals surface area contributed by atoms with Crippen molar-refractivity contribution in [3.05, 3.63) is 130 Å². The first kappa shape index (κ1) is 36.7. The number of amides is 1. The zero-order valence-corrected chi connectivity index (χ0v) is 29.1. The maximum atomic E-state index is 14.7. The monoisotopic (exact) mass is 713 g/mol. The van der Waals surface area contributed by atoms with E-state index in [0.717, 1.165) is 0 Å². The molecule has 4 aromatic rings. The Hall–Kier alpha value is -5.56. The van der Waals surface area contributed by atoms with Crippen LogP contribution in [-0.2, 0) is 32.5 Å². The molecule has 51 heavy (non-hydrogen) atoms.